The van der Waals surface area contributed by atoms with Crippen molar-refractivity contribution < 1.29 is 20.2 Å². The summed E-state index contributed by atoms with van der Waals surface area (Å²) in [5.74, 6) is -0.519. The lowest BCUT2D eigenvalue weighted by Gasteiger charge is -2.24. The minimum atomic E-state index is -0.774. The van der Waals surface area contributed by atoms with Crippen LogP contribution in [0.25, 0.3) is 0 Å². The SMILES string of the molecule is Nc1c(N(CCO)CCO)ccc(O)c1[N+](=O)[O-]. The molecule has 0 radical (unpaired) electrons. The third-order valence-corrected chi connectivity index (χ3v) is 2.44. The number of anilines is 2. The summed E-state index contributed by atoms with van der Waals surface area (Å²) in [6.07, 6.45) is 0. The van der Waals surface area contributed by atoms with Crippen molar-refractivity contribution in [3.05, 3.63) is 22.2 Å². The van der Waals surface area contributed by atoms with Gasteiger partial charge in [-0.15, -0.1) is 0 Å². The fraction of sp³-hybridized carbons (Fsp3) is 0.400. The molecule has 0 saturated carbocycles. The van der Waals surface area contributed by atoms with Gasteiger partial charge in [0.15, 0.2) is 5.75 Å². The maximum absolute atomic E-state index is 10.8. The molecule has 0 bridgehead atoms. The molecule has 0 aliphatic heterocycles. The van der Waals surface area contributed by atoms with Gasteiger partial charge in [0.25, 0.3) is 0 Å². The van der Waals surface area contributed by atoms with Crippen LogP contribution in [0, 0.1) is 10.1 Å². The predicted octanol–water partition coefficient (Wildman–Crippen LogP) is -0.326. The molecule has 100 valence electrons. The smallest absolute Gasteiger partial charge is 0.335 e. The zero-order valence-electron chi connectivity index (χ0n) is 9.61. The number of phenols is 1. The highest BCUT2D eigenvalue weighted by atomic mass is 16.6. The molecular weight excluding hydrogens is 242 g/mol. The second-order valence-electron chi connectivity index (χ2n) is 3.56. The van der Waals surface area contributed by atoms with Crippen molar-refractivity contribution in [2.75, 3.05) is 36.9 Å². The van der Waals surface area contributed by atoms with Crippen LogP contribution in [0.5, 0.6) is 5.75 Å². The molecule has 1 aromatic rings. The van der Waals surface area contributed by atoms with Crippen molar-refractivity contribution >= 4 is 17.1 Å². The van der Waals surface area contributed by atoms with Gasteiger partial charge in [0, 0.05) is 13.1 Å². The number of nitrogen functional groups attached to an aromatic ring is 1. The number of rotatable bonds is 6. The number of nitro groups is 1. The second-order valence-corrected chi connectivity index (χ2v) is 3.56. The lowest BCUT2D eigenvalue weighted by Crippen LogP contribution is -2.30. The molecule has 0 aliphatic rings. The van der Waals surface area contributed by atoms with Crippen molar-refractivity contribution in [2.45, 2.75) is 0 Å². The highest BCUT2D eigenvalue weighted by Gasteiger charge is 2.23. The van der Waals surface area contributed by atoms with Gasteiger partial charge in [0.2, 0.25) is 0 Å². The van der Waals surface area contributed by atoms with E-state index in [9.17, 15) is 15.2 Å². The van der Waals surface area contributed by atoms with Crippen molar-refractivity contribution in [1.29, 1.82) is 0 Å². The molecule has 0 aliphatic carbocycles. The molecule has 0 heterocycles. The Bertz CT molecular complexity index is 432. The molecule has 1 rings (SSSR count). The molecule has 0 saturated heterocycles. The normalized spacial score (nSPS) is 10.3. The number of aliphatic hydroxyl groups excluding tert-OH is 2. The summed E-state index contributed by atoms with van der Waals surface area (Å²) >= 11 is 0. The number of nitrogens with zero attached hydrogens (tertiary/aromatic N) is 2. The van der Waals surface area contributed by atoms with Gasteiger partial charge in [-0.25, -0.2) is 0 Å². The number of nitrogens with two attached hydrogens (primary N) is 1. The molecule has 5 N–H and O–H groups in total. The Hall–Kier alpha value is -2.06. The van der Waals surface area contributed by atoms with Gasteiger partial charge in [-0.05, 0) is 12.1 Å². The zero-order chi connectivity index (χ0) is 13.7. The standard InChI is InChI=1S/C10H15N3O5/c11-9-7(12(3-5-14)4-6-15)1-2-8(16)10(9)13(17)18/h1-2,14-16H,3-6,11H2. The van der Waals surface area contributed by atoms with Gasteiger partial charge in [-0.3, -0.25) is 10.1 Å². The van der Waals surface area contributed by atoms with E-state index >= 15 is 0 Å². The monoisotopic (exact) mass is 257 g/mol. The molecular formula is C10H15N3O5. The number of aromatic hydroxyl groups is 1. The van der Waals surface area contributed by atoms with E-state index in [0.717, 1.165) is 6.07 Å². The molecule has 0 fully saturated rings. The lowest BCUT2D eigenvalue weighted by molar-refractivity contribution is -0.384. The lowest BCUT2D eigenvalue weighted by atomic mass is 10.2. The summed E-state index contributed by atoms with van der Waals surface area (Å²) < 4.78 is 0. The van der Waals surface area contributed by atoms with Crippen molar-refractivity contribution in [2.24, 2.45) is 0 Å². The van der Waals surface area contributed by atoms with E-state index in [-0.39, 0.29) is 32.0 Å². The molecule has 8 heteroatoms. The summed E-state index contributed by atoms with van der Waals surface area (Å²) in [6, 6.07) is 2.56. The number of hydrogen-bond donors (Lipinski definition) is 4. The highest BCUT2D eigenvalue weighted by Crippen LogP contribution is 2.38. The Labute approximate surface area is 103 Å². The van der Waals surface area contributed by atoms with Gasteiger partial charge in [0.1, 0.15) is 5.69 Å². The maximum atomic E-state index is 10.8. The average molecular weight is 257 g/mol. The second kappa shape index (κ2) is 6.03. The Kier molecular flexibility index (Phi) is 4.69. The van der Waals surface area contributed by atoms with Crippen molar-refractivity contribution in [3.63, 3.8) is 0 Å². The Morgan fingerprint density at radius 3 is 2.28 bits per heavy atom. The molecule has 0 unspecified atom stereocenters. The van der Waals surface area contributed by atoms with Gasteiger partial charge < -0.3 is 26.0 Å². The summed E-state index contributed by atoms with van der Waals surface area (Å²) in [5.41, 5.74) is 5.17. The van der Waals surface area contributed by atoms with E-state index in [4.69, 9.17) is 15.9 Å². The maximum Gasteiger partial charge on any atom is 0.335 e. The molecule has 0 aromatic heterocycles. The average Bonchev–Trinajstić information content (AvgIpc) is 2.28. The van der Waals surface area contributed by atoms with Crippen molar-refractivity contribution in [3.8, 4) is 5.75 Å². The van der Waals surface area contributed by atoms with Crippen LogP contribution < -0.4 is 10.6 Å². The molecule has 0 amide bonds. The minimum absolute atomic E-state index is 0.173. The quantitative estimate of drug-likeness (QED) is 0.311. The Morgan fingerprint density at radius 2 is 1.83 bits per heavy atom. The van der Waals surface area contributed by atoms with Crippen molar-refractivity contribution in [1.82, 2.24) is 0 Å². The molecule has 8 nitrogen and oxygen atoms in total. The van der Waals surface area contributed by atoms with E-state index in [2.05, 4.69) is 0 Å². The first kappa shape index (κ1) is 14.0. The molecule has 0 spiro atoms. The van der Waals surface area contributed by atoms with Gasteiger partial charge in [-0.2, -0.15) is 0 Å². The topological polar surface area (TPSA) is 133 Å². The zero-order valence-corrected chi connectivity index (χ0v) is 9.61. The Morgan fingerprint density at radius 1 is 1.28 bits per heavy atom. The summed E-state index contributed by atoms with van der Waals surface area (Å²) in [4.78, 5) is 11.5. The van der Waals surface area contributed by atoms with Crippen LogP contribution in [-0.4, -0.2) is 46.5 Å². The third-order valence-electron chi connectivity index (χ3n) is 2.44. The number of benzene rings is 1. The fourth-order valence-electron chi connectivity index (χ4n) is 1.65. The molecule has 18 heavy (non-hydrogen) atoms. The molecule has 1 aromatic carbocycles. The highest BCUT2D eigenvalue weighted by molar-refractivity contribution is 5.80. The van der Waals surface area contributed by atoms with E-state index in [1.54, 1.807) is 0 Å². The van der Waals surface area contributed by atoms with E-state index < -0.39 is 16.4 Å². The number of hydrogen-bond acceptors (Lipinski definition) is 7. The van der Waals surface area contributed by atoms with Crippen LogP contribution in [-0.2, 0) is 0 Å². The first-order valence-corrected chi connectivity index (χ1v) is 5.25. The van der Waals surface area contributed by atoms with Gasteiger partial charge in [0.05, 0.1) is 23.8 Å². The minimum Gasteiger partial charge on any atom is -0.502 e. The van der Waals surface area contributed by atoms with Crippen LogP contribution in [0.3, 0.4) is 0 Å². The number of phenolic OH excluding ortho intramolecular Hbond substituents is 1. The number of nitro benzene ring substituents is 1. The number of aliphatic hydroxyl groups is 2. The van der Waals surface area contributed by atoms with E-state index in [0.29, 0.717) is 5.69 Å². The van der Waals surface area contributed by atoms with Crippen LogP contribution in [0.4, 0.5) is 17.1 Å². The van der Waals surface area contributed by atoms with Crippen LogP contribution in [0.15, 0.2) is 12.1 Å². The Balaban J connectivity index is 3.23. The third kappa shape index (κ3) is 2.79. The molecule has 0 atom stereocenters. The largest absolute Gasteiger partial charge is 0.502 e. The van der Waals surface area contributed by atoms with E-state index in [1.807, 2.05) is 0 Å². The van der Waals surface area contributed by atoms with Crippen LogP contribution >= 0.6 is 0 Å². The van der Waals surface area contributed by atoms with Gasteiger partial charge in [-0.1, -0.05) is 0 Å². The van der Waals surface area contributed by atoms with Crippen LogP contribution in [0.2, 0.25) is 0 Å². The predicted molar refractivity (Wildman–Crippen MR) is 65.6 cm³/mol. The fourth-order valence-corrected chi connectivity index (χ4v) is 1.65. The first-order chi connectivity index (χ1) is 8.52. The van der Waals surface area contributed by atoms with E-state index in [1.165, 1.54) is 11.0 Å². The summed E-state index contributed by atoms with van der Waals surface area (Å²) in [7, 11) is 0. The van der Waals surface area contributed by atoms with Crippen LogP contribution in [0.1, 0.15) is 0 Å². The summed E-state index contributed by atoms with van der Waals surface area (Å²) in [6.45, 7) is -0.0262. The first-order valence-electron chi connectivity index (χ1n) is 5.25. The summed E-state index contributed by atoms with van der Waals surface area (Å²) in [5, 5.41) is 38.0. The van der Waals surface area contributed by atoms with Gasteiger partial charge >= 0.3 is 5.69 Å².